The van der Waals surface area contributed by atoms with E-state index in [0.29, 0.717) is 17.9 Å². The molecule has 0 unspecified atom stereocenters. The number of nitrogens with one attached hydrogen (secondary N) is 1. The molecule has 3 aromatic rings. The standard InChI is InChI=1S/C22H20N4O/c1-2-13-5-3-4-6-17(13)14-7-15-10-21(25-12-19(15)20(24)9-14)26-22(27)18-8-16(18)11-23/h3-7,9-10,12,16,18H,2,8,24H2,1H3,(H,25,26,27)/t16-,18-/m0/s1. The summed E-state index contributed by atoms with van der Waals surface area (Å²) in [5, 5.41) is 13.5. The number of aryl methyl sites for hydroxylation is 1. The highest BCUT2D eigenvalue weighted by molar-refractivity contribution is 6.00. The number of fused-ring (bicyclic) bond motifs is 1. The van der Waals surface area contributed by atoms with E-state index in [-0.39, 0.29) is 17.7 Å². The SMILES string of the molecule is CCc1ccccc1-c1cc(N)c2cnc(NC(=O)[C@H]3C[C@H]3C#N)cc2c1. The fourth-order valence-electron chi connectivity index (χ4n) is 3.47. The van der Waals surface area contributed by atoms with Gasteiger partial charge < -0.3 is 11.1 Å². The maximum Gasteiger partial charge on any atom is 0.230 e. The molecule has 1 aromatic heterocycles. The fraction of sp³-hybridized carbons (Fsp3) is 0.227. The van der Waals surface area contributed by atoms with Crippen molar-refractivity contribution in [2.45, 2.75) is 19.8 Å². The van der Waals surface area contributed by atoms with Crippen molar-refractivity contribution in [1.82, 2.24) is 4.98 Å². The van der Waals surface area contributed by atoms with Gasteiger partial charge in [0.1, 0.15) is 5.82 Å². The lowest BCUT2D eigenvalue weighted by molar-refractivity contribution is -0.117. The number of pyridine rings is 1. The number of rotatable bonds is 4. The van der Waals surface area contributed by atoms with Gasteiger partial charge in [-0.1, -0.05) is 31.2 Å². The van der Waals surface area contributed by atoms with Crippen LogP contribution in [0.2, 0.25) is 0 Å². The number of aromatic nitrogens is 1. The van der Waals surface area contributed by atoms with E-state index in [0.717, 1.165) is 28.3 Å². The molecule has 5 heteroatoms. The summed E-state index contributed by atoms with van der Waals surface area (Å²) in [6.07, 6.45) is 3.25. The molecule has 0 aliphatic heterocycles. The Labute approximate surface area is 157 Å². The second-order valence-corrected chi connectivity index (χ2v) is 6.93. The van der Waals surface area contributed by atoms with E-state index in [9.17, 15) is 4.79 Å². The molecule has 1 saturated carbocycles. The lowest BCUT2D eigenvalue weighted by atomic mass is 9.95. The summed E-state index contributed by atoms with van der Waals surface area (Å²) in [4.78, 5) is 16.5. The van der Waals surface area contributed by atoms with Crippen molar-refractivity contribution >= 4 is 28.2 Å². The summed E-state index contributed by atoms with van der Waals surface area (Å²) in [7, 11) is 0. The molecule has 1 fully saturated rings. The van der Waals surface area contributed by atoms with E-state index in [1.54, 1.807) is 6.20 Å². The average Bonchev–Trinajstić information content (AvgIpc) is 3.47. The molecule has 3 N–H and O–H groups in total. The molecular weight excluding hydrogens is 336 g/mol. The molecular formula is C22H20N4O. The Balaban J connectivity index is 1.70. The number of benzene rings is 2. The second kappa shape index (κ2) is 6.73. The maximum absolute atomic E-state index is 12.2. The molecule has 2 aromatic carbocycles. The summed E-state index contributed by atoms with van der Waals surface area (Å²) < 4.78 is 0. The number of hydrogen-bond acceptors (Lipinski definition) is 4. The number of carbonyl (C=O) groups is 1. The van der Waals surface area contributed by atoms with E-state index in [4.69, 9.17) is 11.0 Å². The van der Waals surface area contributed by atoms with Crippen LogP contribution in [0.15, 0.2) is 48.7 Å². The van der Waals surface area contributed by atoms with Gasteiger partial charge in [0.15, 0.2) is 0 Å². The molecule has 2 atom stereocenters. The Kier molecular flexibility index (Phi) is 4.25. The van der Waals surface area contributed by atoms with Gasteiger partial charge in [-0.25, -0.2) is 4.98 Å². The number of nitrogens with zero attached hydrogens (tertiary/aromatic N) is 2. The van der Waals surface area contributed by atoms with Crippen molar-refractivity contribution in [2.24, 2.45) is 11.8 Å². The van der Waals surface area contributed by atoms with Crippen molar-refractivity contribution in [3.05, 3.63) is 54.2 Å². The van der Waals surface area contributed by atoms with Crippen molar-refractivity contribution in [1.29, 1.82) is 5.26 Å². The molecule has 1 aliphatic rings. The number of carbonyl (C=O) groups excluding carboxylic acids is 1. The maximum atomic E-state index is 12.2. The number of nitriles is 1. The summed E-state index contributed by atoms with van der Waals surface area (Å²) in [6, 6.07) is 16.3. The third kappa shape index (κ3) is 3.22. The first kappa shape index (κ1) is 17.0. The summed E-state index contributed by atoms with van der Waals surface area (Å²) in [6.45, 7) is 2.13. The molecule has 4 rings (SSSR count). The van der Waals surface area contributed by atoms with Crippen molar-refractivity contribution in [3.63, 3.8) is 0 Å². The van der Waals surface area contributed by atoms with Crippen LogP contribution in [0.1, 0.15) is 18.9 Å². The van der Waals surface area contributed by atoms with Crippen LogP contribution in [-0.2, 0) is 11.2 Å². The molecule has 0 saturated heterocycles. The van der Waals surface area contributed by atoms with Gasteiger partial charge in [-0.05, 0) is 53.1 Å². The van der Waals surface area contributed by atoms with Gasteiger partial charge in [0.25, 0.3) is 0 Å². The van der Waals surface area contributed by atoms with Crippen molar-refractivity contribution < 1.29 is 4.79 Å². The van der Waals surface area contributed by atoms with E-state index in [2.05, 4.69) is 41.5 Å². The minimum Gasteiger partial charge on any atom is -0.398 e. The highest BCUT2D eigenvalue weighted by atomic mass is 16.2. The minimum atomic E-state index is -0.222. The Morgan fingerprint density at radius 1 is 1.33 bits per heavy atom. The van der Waals surface area contributed by atoms with Gasteiger partial charge in [-0.3, -0.25) is 4.79 Å². The van der Waals surface area contributed by atoms with Gasteiger partial charge in [-0.2, -0.15) is 5.26 Å². The Morgan fingerprint density at radius 3 is 2.89 bits per heavy atom. The van der Waals surface area contributed by atoms with Crippen molar-refractivity contribution in [3.8, 4) is 17.2 Å². The topological polar surface area (TPSA) is 91.8 Å². The Morgan fingerprint density at radius 2 is 2.15 bits per heavy atom. The number of nitrogens with two attached hydrogens (primary N) is 1. The van der Waals surface area contributed by atoms with E-state index < -0.39 is 0 Å². The van der Waals surface area contributed by atoms with E-state index in [1.807, 2.05) is 24.3 Å². The predicted octanol–water partition coefficient (Wildman–Crippen LogP) is 4.14. The highest BCUT2D eigenvalue weighted by Crippen LogP contribution is 2.38. The van der Waals surface area contributed by atoms with Crippen LogP contribution in [-0.4, -0.2) is 10.9 Å². The third-order valence-electron chi connectivity index (χ3n) is 5.12. The average molecular weight is 356 g/mol. The summed E-state index contributed by atoms with van der Waals surface area (Å²) >= 11 is 0. The Hall–Kier alpha value is -3.39. The van der Waals surface area contributed by atoms with Crippen LogP contribution in [0.5, 0.6) is 0 Å². The quantitative estimate of drug-likeness (QED) is 0.687. The lowest BCUT2D eigenvalue weighted by Crippen LogP contribution is -2.15. The second-order valence-electron chi connectivity index (χ2n) is 6.93. The minimum absolute atomic E-state index is 0.145. The first-order chi connectivity index (χ1) is 13.1. The van der Waals surface area contributed by atoms with Gasteiger partial charge >= 0.3 is 0 Å². The van der Waals surface area contributed by atoms with Crippen LogP contribution in [0, 0.1) is 23.2 Å². The van der Waals surface area contributed by atoms with Gasteiger partial charge in [0.05, 0.1) is 17.9 Å². The molecule has 5 nitrogen and oxygen atoms in total. The van der Waals surface area contributed by atoms with Crippen LogP contribution in [0.4, 0.5) is 11.5 Å². The fourth-order valence-corrected chi connectivity index (χ4v) is 3.47. The van der Waals surface area contributed by atoms with E-state index in [1.165, 1.54) is 5.56 Å². The molecule has 27 heavy (non-hydrogen) atoms. The molecule has 1 amide bonds. The molecule has 1 heterocycles. The van der Waals surface area contributed by atoms with E-state index >= 15 is 0 Å². The van der Waals surface area contributed by atoms with Crippen LogP contribution in [0.3, 0.4) is 0 Å². The zero-order valence-corrected chi connectivity index (χ0v) is 15.1. The van der Waals surface area contributed by atoms with Crippen LogP contribution < -0.4 is 11.1 Å². The van der Waals surface area contributed by atoms with Gasteiger partial charge in [0.2, 0.25) is 5.91 Å². The highest BCUT2D eigenvalue weighted by Gasteiger charge is 2.43. The molecule has 0 radical (unpaired) electrons. The normalized spacial score (nSPS) is 18.1. The number of anilines is 2. The number of amides is 1. The number of nitrogen functional groups attached to an aromatic ring is 1. The van der Waals surface area contributed by atoms with Gasteiger partial charge in [0, 0.05) is 17.3 Å². The third-order valence-corrected chi connectivity index (χ3v) is 5.12. The summed E-state index contributed by atoms with van der Waals surface area (Å²) in [5.41, 5.74) is 10.4. The van der Waals surface area contributed by atoms with Crippen molar-refractivity contribution in [2.75, 3.05) is 11.1 Å². The molecule has 1 aliphatic carbocycles. The monoisotopic (exact) mass is 356 g/mol. The molecule has 0 bridgehead atoms. The predicted molar refractivity (Wildman–Crippen MR) is 107 cm³/mol. The molecule has 0 spiro atoms. The zero-order chi connectivity index (χ0) is 19.0. The lowest BCUT2D eigenvalue weighted by Gasteiger charge is -2.12. The smallest absolute Gasteiger partial charge is 0.230 e. The Bertz CT molecular complexity index is 1080. The van der Waals surface area contributed by atoms with Crippen LogP contribution in [0.25, 0.3) is 21.9 Å². The first-order valence-corrected chi connectivity index (χ1v) is 9.08. The summed E-state index contributed by atoms with van der Waals surface area (Å²) in [5.74, 6) is -0.0520. The largest absolute Gasteiger partial charge is 0.398 e. The van der Waals surface area contributed by atoms with Crippen LogP contribution >= 0.6 is 0 Å². The molecule has 134 valence electrons. The van der Waals surface area contributed by atoms with Gasteiger partial charge in [-0.15, -0.1) is 0 Å². The zero-order valence-electron chi connectivity index (χ0n) is 15.1. The first-order valence-electron chi connectivity index (χ1n) is 9.08. The number of hydrogen-bond donors (Lipinski definition) is 2.